The summed E-state index contributed by atoms with van der Waals surface area (Å²) in [6.07, 6.45) is 1.60. The van der Waals surface area contributed by atoms with Crippen LogP contribution in [-0.4, -0.2) is 23.1 Å². The molecule has 0 fully saturated rings. The lowest BCUT2D eigenvalue weighted by atomic mass is 10.1. The van der Waals surface area contributed by atoms with Crippen LogP contribution in [0.15, 0.2) is 34.9 Å². The first kappa shape index (κ1) is 14.5. The molecule has 1 aromatic carbocycles. The number of anilines is 2. The highest BCUT2D eigenvalue weighted by atomic mass is 79.9. The largest absolute Gasteiger partial charge is 0.478 e. The van der Waals surface area contributed by atoms with E-state index in [-0.39, 0.29) is 5.56 Å². The van der Waals surface area contributed by atoms with Crippen LogP contribution in [0.25, 0.3) is 0 Å². The van der Waals surface area contributed by atoms with E-state index < -0.39 is 5.97 Å². The summed E-state index contributed by atoms with van der Waals surface area (Å²) in [6.45, 7) is 4.02. The zero-order valence-corrected chi connectivity index (χ0v) is 13.1. The van der Waals surface area contributed by atoms with Crippen molar-refractivity contribution in [3.8, 4) is 0 Å². The molecular weight excluding hydrogens is 320 g/mol. The van der Waals surface area contributed by atoms with Gasteiger partial charge in [0.15, 0.2) is 0 Å². The number of aryl methyl sites for hydroxylation is 2. The smallest absolute Gasteiger partial charge is 0.339 e. The summed E-state index contributed by atoms with van der Waals surface area (Å²) in [7, 11) is 1.82. The standard InChI is InChI=1S/C15H15BrN2O2/c1-9-4-10(2)6-12(5-9)18(3)14-13(15(19)20)7-11(16)8-17-14/h4-8H,1-3H3,(H,19,20). The van der Waals surface area contributed by atoms with Crippen LogP contribution in [0.5, 0.6) is 0 Å². The Hall–Kier alpha value is -1.88. The molecule has 104 valence electrons. The summed E-state index contributed by atoms with van der Waals surface area (Å²) in [5, 5.41) is 9.31. The van der Waals surface area contributed by atoms with Crippen molar-refractivity contribution in [2.24, 2.45) is 0 Å². The fourth-order valence-corrected chi connectivity index (χ4v) is 2.45. The maximum Gasteiger partial charge on any atom is 0.339 e. The van der Waals surface area contributed by atoms with E-state index in [1.165, 1.54) is 0 Å². The summed E-state index contributed by atoms with van der Waals surface area (Å²) in [6, 6.07) is 7.64. The molecule has 0 bridgehead atoms. The molecular formula is C15H15BrN2O2. The van der Waals surface area contributed by atoms with Crippen molar-refractivity contribution >= 4 is 33.4 Å². The molecule has 0 saturated heterocycles. The lowest BCUT2D eigenvalue weighted by molar-refractivity contribution is 0.0697. The van der Waals surface area contributed by atoms with Gasteiger partial charge in [-0.3, -0.25) is 0 Å². The van der Waals surface area contributed by atoms with Gasteiger partial charge < -0.3 is 10.0 Å². The van der Waals surface area contributed by atoms with Gasteiger partial charge in [0.1, 0.15) is 11.4 Å². The minimum absolute atomic E-state index is 0.168. The van der Waals surface area contributed by atoms with Crippen LogP contribution < -0.4 is 4.90 Å². The quantitative estimate of drug-likeness (QED) is 0.923. The van der Waals surface area contributed by atoms with Gasteiger partial charge in [0.2, 0.25) is 0 Å². The lowest BCUT2D eigenvalue weighted by Gasteiger charge is -2.21. The van der Waals surface area contributed by atoms with Gasteiger partial charge in [-0.25, -0.2) is 9.78 Å². The molecule has 5 heteroatoms. The second kappa shape index (κ2) is 5.63. The molecule has 1 heterocycles. The molecule has 2 aromatic rings. The Morgan fingerprint density at radius 1 is 1.20 bits per heavy atom. The molecule has 0 unspecified atom stereocenters. The Kier molecular flexibility index (Phi) is 4.09. The molecule has 0 radical (unpaired) electrons. The molecule has 1 N–H and O–H groups in total. The first-order valence-corrected chi connectivity index (χ1v) is 6.88. The maximum atomic E-state index is 11.4. The number of hydrogen-bond donors (Lipinski definition) is 1. The molecule has 0 atom stereocenters. The van der Waals surface area contributed by atoms with Gasteiger partial charge in [-0.1, -0.05) is 6.07 Å². The van der Waals surface area contributed by atoms with Gasteiger partial charge in [0.25, 0.3) is 0 Å². The average Bonchev–Trinajstić information content (AvgIpc) is 2.36. The number of aromatic carboxylic acids is 1. The van der Waals surface area contributed by atoms with E-state index in [1.54, 1.807) is 17.2 Å². The van der Waals surface area contributed by atoms with Crippen molar-refractivity contribution in [2.45, 2.75) is 13.8 Å². The lowest BCUT2D eigenvalue weighted by Crippen LogP contribution is -2.16. The Labute approximate surface area is 126 Å². The number of carboxylic acid groups (broad SMARTS) is 1. The van der Waals surface area contributed by atoms with Gasteiger partial charge in [-0.15, -0.1) is 0 Å². The first-order chi connectivity index (χ1) is 9.38. The normalized spacial score (nSPS) is 10.4. The van der Waals surface area contributed by atoms with E-state index >= 15 is 0 Å². The van der Waals surface area contributed by atoms with Crippen LogP contribution in [0.3, 0.4) is 0 Å². The first-order valence-electron chi connectivity index (χ1n) is 6.09. The predicted octanol–water partition coefficient (Wildman–Crippen LogP) is 3.93. The highest BCUT2D eigenvalue weighted by Gasteiger charge is 2.17. The maximum absolute atomic E-state index is 11.4. The second-order valence-electron chi connectivity index (χ2n) is 4.73. The summed E-state index contributed by atoms with van der Waals surface area (Å²) < 4.78 is 0.646. The van der Waals surface area contributed by atoms with Gasteiger partial charge in [-0.05, 0) is 59.1 Å². The number of pyridine rings is 1. The third-order valence-electron chi connectivity index (χ3n) is 2.98. The van der Waals surface area contributed by atoms with Crippen molar-refractivity contribution in [1.29, 1.82) is 0 Å². The van der Waals surface area contributed by atoms with Gasteiger partial charge in [-0.2, -0.15) is 0 Å². The van der Waals surface area contributed by atoms with Gasteiger partial charge in [0, 0.05) is 23.4 Å². The Bertz CT molecular complexity index is 651. The minimum Gasteiger partial charge on any atom is -0.478 e. The van der Waals surface area contributed by atoms with Crippen molar-refractivity contribution in [3.63, 3.8) is 0 Å². The zero-order valence-electron chi connectivity index (χ0n) is 11.5. The molecule has 0 aliphatic carbocycles. The number of carboxylic acids is 1. The van der Waals surface area contributed by atoms with E-state index in [4.69, 9.17) is 0 Å². The Balaban J connectivity index is 2.52. The SMILES string of the molecule is Cc1cc(C)cc(N(C)c2ncc(Br)cc2C(=O)O)c1. The van der Waals surface area contributed by atoms with E-state index in [1.807, 2.05) is 33.0 Å². The molecule has 0 saturated carbocycles. The number of aromatic nitrogens is 1. The highest BCUT2D eigenvalue weighted by Crippen LogP contribution is 2.28. The molecule has 0 aliphatic heterocycles. The Morgan fingerprint density at radius 2 is 1.80 bits per heavy atom. The summed E-state index contributed by atoms with van der Waals surface area (Å²) in [5.41, 5.74) is 3.34. The van der Waals surface area contributed by atoms with Crippen LogP contribution in [0.2, 0.25) is 0 Å². The van der Waals surface area contributed by atoms with E-state index in [0.717, 1.165) is 16.8 Å². The fraction of sp³-hybridized carbons (Fsp3) is 0.200. The molecule has 0 aliphatic rings. The topological polar surface area (TPSA) is 53.4 Å². The summed E-state index contributed by atoms with van der Waals surface area (Å²) in [4.78, 5) is 17.4. The molecule has 0 spiro atoms. The van der Waals surface area contributed by atoms with E-state index in [0.29, 0.717) is 10.3 Å². The van der Waals surface area contributed by atoms with Crippen LogP contribution in [0.1, 0.15) is 21.5 Å². The van der Waals surface area contributed by atoms with Crippen molar-refractivity contribution < 1.29 is 9.90 Å². The number of benzene rings is 1. The summed E-state index contributed by atoms with van der Waals surface area (Å²) in [5.74, 6) is -0.573. The molecule has 20 heavy (non-hydrogen) atoms. The molecule has 2 rings (SSSR count). The number of rotatable bonds is 3. The van der Waals surface area contributed by atoms with Gasteiger partial charge >= 0.3 is 5.97 Å². The third kappa shape index (κ3) is 2.99. The van der Waals surface area contributed by atoms with Crippen LogP contribution in [-0.2, 0) is 0 Å². The van der Waals surface area contributed by atoms with Crippen molar-refractivity contribution in [2.75, 3.05) is 11.9 Å². The van der Waals surface area contributed by atoms with Crippen molar-refractivity contribution in [3.05, 3.63) is 51.6 Å². The van der Waals surface area contributed by atoms with Crippen LogP contribution >= 0.6 is 15.9 Å². The Morgan fingerprint density at radius 3 is 2.35 bits per heavy atom. The van der Waals surface area contributed by atoms with E-state index in [2.05, 4.69) is 27.0 Å². The fourth-order valence-electron chi connectivity index (χ4n) is 2.12. The van der Waals surface area contributed by atoms with Crippen molar-refractivity contribution in [1.82, 2.24) is 4.98 Å². The number of halogens is 1. The van der Waals surface area contributed by atoms with E-state index in [9.17, 15) is 9.90 Å². The van der Waals surface area contributed by atoms with Gasteiger partial charge in [0.05, 0.1) is 0 Å². The average molecular weight is 335 g/mol. The molecule has 4 nitrogen and oxygen atoms in total. The monoisotopic (exact) mass is 334 g/mol. The number of nitrogens with zero attached hydrogens (tertiary/aromatic N) is 2. The summed E-state index contributed by atoms with van der Waals surface area (Å²) >= 11 is 3.25. The molecule has 0 amide bonds. The third-order valence-corrected chi connectivity index (χ3v) is 3.41. The van der Waals surface area contributed by atoms with Crippen LogP contribution in [0, 0.1) is 13.8 Å². The zero-order chi connectivity index (χ0) is 14.9. The second-order valence-corrected chi connectivity index (χ2v) is 5.65. The number of hydrogen-bond acceptors (Lipinski definition) is 3. The van der Waals surface area contributed by atoms with Crippen LogP contribution in [0.4, 0.5) is 11.5 Å². The highest BCUT2D eigenvalue weighted by molar-refractivity contribution is 9.10. The molecule has 1 aromatic heterocycles. The predicted molar refractivity (Wildman–Crippen MR) is 82.9 cm³/mol. The minimum atomic E-state index is -0.995. The number of carbonyl (C=O) groups is 1.